The fourth-order valence-corrected chi connectivity index (χ4v) is 12.2. The molecule has 11 heteroatoms. The van der Waals surface area contributed by atoms with E-state index >= 15 is 0 Å². The fourth-order valence-electron chi connectivity index (χ4n) is 6.30. The van der Waals surface area contributed by atoms with E-state index in [1.54, 1.807) is 39.0 Å². The number of aromatic amines is 2. The number of hydrogen-bond donors (Lipinski definition) is 3. The van der Waals surface area contributed by atoms with Crippen molar-refractivity contribution in [2.75, 3.05) is 12.4 Å². The molecule has 1 heterocycles. The zero-order chi connectivity index (χ0) is 36.3. The number of alkyl carbamates (subject to hydrolysis) is 1. The summed E-state index contributed by atoms with van der Waals surface area (Å²) in [6.45, 7) is 14.0. The molecule has 1 amide bonds. The van der Waals surface area contributed by atoms with E-state index in [1.165, 1.54) is 23.9 Å². The number of carbonyl (C=O) groups excluding carboxylic acids is 1. The molecule has 50 heavy (non-hydrogen) atoms. The lowest BCUT2D eigenvalue weighted by molar-refractivity contribution is 0.0494. The van der Waals surface area contributed by atoms with Gasteiger partial charge in [0.2, 0.25) is 0 Å². The van der Waals surface area contributed by atoms with Crippen LogP contribution in [0.1, 0.15) is 47.1 Å². The van der Waals surface area contributed by atoms with Crippen LogP contribution < -0.4 is 26.9 Å². The number of fused-ring (bicyclic) bond motifs is 1. The fraction of sp³-hybridized carbons (Fsp3) is 0.308. The molecule has 0 aliphatic carbocycles. The molecule has 0 bridgehead atoms. The van der Waals surface area contributed by atoms with Gasteiger partial charge in [-0.2, -0.15) is 0 Å². The average molecular weight is 714 g/mol. The predicted molar refractivity (Wildman–Crippen MR) is 203 cm³/mol. The Morgan fingerprint density at radius 1 is 0.880 bits per heavy atom. The first-order valence-electron chi connectivity index (χ1n) is 16.5. The Morgan fingerprint density at radius 3 is 2.00 bits per heavy atom. The Labute approximate surface area is 297 Å². The van der Waals surface area contributed by atoms with Crippen molar-refractivity contribution in [3.8, 4) is 11.1 Å². The number of aryl methyl sites for hydroxylation is 1. The summed E-state index contributed by atoms with van der Waals surface area (Å²) >= 11 is 1.37. The van der Waals surface area contributed by atoms with Gasteiger partial charge in [-0.15, -0.1) is 11.8 Å². The van der Waals surface area contributed by atoms with E-state index in [4.69, 9.17) is 9.16 Å². The lowest BCUT2D eigenvalue weighted by Crippen LogP contribution is -2.67. The van der Waals surface area contributed by atoms with Gasteiger partial charge in [0.05, 0.1) is 23.6 Å². The second-order valence-corrected chi connectivity index (χ2v) is 19.7. The molecule has 3 N–H and O–H groups in total. The van der Waals surface area contributed by atoms with E-state index in [0.717, 1.165) is 27.1 Å². The van der Waals surface area contributed by atoms with Crippen LogP contribution in [0.3, 0.4) is 0 Å². The van der Waals surface area contributed by atoms with E-state index in [9.17, 15) is 18.8 Å². The number of rotatable bonds is 10. The van der Waals surface area contributed by atoms with Crippen molar-refractivity contribution in [2.45, 2.75) is 70.0 Å². The van der Waals surface area contributed by atoms with Gasteiger partial charge in [0, 0.05) is 16.2 Å². The van der Waals surface area contributed by atoms with Crippen molar-refractivity contribution in [2.24, 2.45) is 0 Å². The standard InChI is InChI=1S/C39H44FN3O5SSi/c1-25-22-31-33(42-36(45)43-35(31)44)34(32(25)26-18-20-27(40)21-19-26)49-24-28(41-37(46)48-38(2,3)4)23-47-50(39(5,6)7,29-14-10-8-11-15-29)30-16-12-9-13-17-30/h8-22,28H,23-24H2,1-7H3,(H,41,46)(H2,42,43,44,45)/t28-/m0/s1. The summed E-state index contributed by atoms with van der Waals surface area (Å²) in [7, 11) is -2.98. The Morgan fingerprint density at radius 2 is 1.46 bits per heavy atom. The van der Waals surface area contributed by atoms with Crippen molar-refractivity contribution >= 4 is 47.4 Å². The Hall–Kier alpha value is -4.45. The summed E-state index contributed by atoms with van der Waals surface area (Å²) in [6.07, 6.45) is -0.591. The predicted octanol–water partition coefficient (Wildman–Crippen LogP) is 6.89. The van der Waals surface area contributed by atoms with Gasteiger partial charge < -0.3 is 19.5 Å². The first-order chi connectivity index (χ1) is 23.6. The number of thioether (sulfide) groups is 1. The molecule has 8 nitrogen and oxygen atoms in total. The summed E-state index contributed by atoms with van der Waals surface area (Å²) in [6, 6.07) is 27.7. The molecular weight excluding hydrogens is 670 g/mol. The van der Waals surface area contributed by atoms with Crippen molar-refractivity contribution < 1.29 is 18.3 Å². The number of nitrogens with one attached hydrogen (secondary N) is 3. The summed E-state index contributed by atoms with van der Waals surface area (Å²) < 4.78 is 26.9. The first-order valence-corrected chi connectivity index (χ1v) is 19.4. The quantitative estimate of drug-likeness (QED) is 0.107. The third-order valence-corrected chi connectivity index (χ3v) is 14.7. The highest BCUT2D eigenvalue weighted by molar-refractivity contribution is 7.99. The van der Waals surface area contributed by atoms with Crippen molar-refractivity contribution in [1.82, 2.24) is 15.3 Å². The summed E-state index contributed by atoms with van der Waals surface area (Å²) in [5.74, 6) is -0.0905. The van der Waals surface area contributed by atoms with Gasteiger partial charge >= 0.3 is 11.8 Å². The number of aromatic nitrogens is 2. The van der Waals surface area contributed by atoms with E-state index in [2.05, 4.69) is 60.3 Å². The van der Waals surface area contributed by atoms with Crippen molar-refractivity contribution in [1.29, 1.82) is 0 Å². The maximum Gasteiger partial charge on any atom is 0.407 e. The summed E-state index contributed by atoms with van der Waals surface area (Å²) in [4.78, 5) is 44.6. The molecule has 0 fully saturated rings. The van der Waals surface area contributed by atoms with Crippen LogP contribution in [0.15, 0.2) is 105 Å². The summed E-state index contributed by atoms with van der Waals surface area (Å²) in [5, 5.41) is 5.26. The lowest BCUT2D eigenvalue weighted by atomic mass is 9.98. The van der Waals surface area contributed by atoms with Crippen LogP contribution in [-0.4, -0.2) is 48.4 Å². The molecule has 0 aliphatic rings. The molecule has 5 aromatic rings. The second-order valence-electron chi connectivity index (χ2n) is 14.4. The minimum Gasteiger partial charge on any atom is -0.444 e. The highest BCUT2D eigenvalue weighted by Crippen LogP contribution is 2.40. The van der Waals surface area contributed by atoms with E-state index in [-0.39, 0.29) is 17.5 Å². The zero-order valence-electron chi connectivity index (χ0n) is 29.5. The first kappa shape index (κ1) is 36.8. The maximum absolute atomic E-state index is 14.0. The van der Waals surface area contributed by atoms with Gasteiger partial charge in [0.1, 0.15) is 11.4 Å². The molecule has 0 spiro atoms. The second kappa shape index (κ2) is 14.8. The SMILES string of the molecule is Cc1cc2c(=O)[nH]c(=O)[nH]c2c(SC[C@H](CO[Si](c2ccccc2)(c2ccccc2)C(C)(C)C)NC(=O)OC(C)(C)C)c1-c1ccc(F)cc1. The number of carbonyl (C=O) groups is 1. The third-order valence-electron chi connectivity index (χ3n) is 8.39. The number of H-pyrrole nitrogens is 2. The average Bonchev–Trinajstić information content (AvgIpc) is 3.04. The van der Waals surface area contributed by atoms with Crippen LogP contribution >= 0.6 is 11.8 Å². The topological polar surface area (TPSA) is 113 Å². The molecule has 4 aromatic carbocycles. The Bertz CT molecular complexity index is 2030. The van der Waals surface area contributed by atoms with Crippen LogP contribution in [0.4, 0.5) is 9.18 Å². The largest absolute Gasteiger partial charge is 0.444 e. The molecule has 1 atom stereocenters. The van der Waals surface area contributed by atoms with Crippen LogP contribution in [0.5, 0.6) is 0 Å². The van der Waals surface area contributed by atoms with Crippen LogP contribution in [0.2, 0.25) is 5.04 Å². The van der Waals surface area contributed by atoms with Gasteiger partial charge in [0.25, 0.3) is 13.9 Å². The molecule has 0 radical (unpaired) electrons. The smallest absolute Gasteiger partial charge is 0.407 e. The van der Waals surface area contributed by atoms with Crippen LogP contribution in [-0.2, 0) is 9.16 Å². The van der Waals surface area contributed by atoms with Crippen LogP contribution in [0.25, 0.3) is 22.0 Å². The highest BCUT2D eigenvalue weighted by atomic mass is 32.2. The number of benzene rings is 4. The number of halogens is 1. The zero-order valence-corrected chi connectivity index (χ0v) is 31.3. The third kappa shape index (κ3) is 8.12. The number of amides is 1. The number of ether oxygens (including phenoxy) is 1. The maximum atomic E-state index is 14.0. The lowest BCUT2D eigenvalue weighted by Gasteiger charge is -2.43. The summed E-state index contributed by atoms with van der Waals surface area (Å²) in [5.41, 5.74) is 0.697. The molecule has 0 saturated heterocycles. The van der Waals surface area contributed by atoms with E-state index in [0.29, 0.717) is 21.6 Å². The molecule has 1 aromatic heterocycles. The Balaban J connectivity index is 1.60. The van der Waals surface area contributed by atoms with Gasteiger partial charge in [-0.1, -0.05) is 93.6 Å². The minimum absolute atomic E-state index is 0.145. The van der Waals surface area contributed by atoms with Crippen molar-refractivity contribution in [3.05, 3.63) is 123 Å². The highest BCUT2D eigenvalue weighted by Gasteiger charge is 2.50. The van der Waals surface area contributed by atoms with Crippen molar-refractivity contribution in [3.63, 3.8) is 0 Å². The molecule has 5 rings (SSSR count). The monoisotopic (exact) mass is 713 g/mol. The molecule has 0 aliphatic heterocycles. The molecule has 0 saturated carbocycles. The molecule has 262 valence electrons. The van der Waals surface area contributed by atoms with E-state index < -0.39 is 37.3 Å². The van der Waals surface area contributed by atoms with Gasteiger partial charge in [-0.25, -0.2) is 14.0 Å². The Kier molecular flexibility index (Phi) is 10.9. The van der Waals surface area contributed by atoms with Gasteiger partial charge in [0.15, 0.2) is 0 Å². The van der Waals surface area contributed by atoms with E-state index in [1.807, 2.05) is 43.3 Å². The van der Waals surface area contributed by atoms with Crippen LogP contribution in [0, 0.1) is 12.7 Å². The normalized spacial score (nSPS) is 12.9. The van der Waals surface area contributed by atoms with Gasteiger partial charge in [-0.05, 0) is 72.4 Å². The molecular formula is C39H44FN3O5SSi. The van der Waals surface area contributed by atoms with Gasteiger partial charge in [-0.3, -0.25) is 9.78 Å². The molecule has 0 unspecified atom stereocenters. The minimum atomic E-state index is -2.98. The number of hydrogen-bond acceptors (Lipinski definition) is 6.